The second kappa shape index (κ2) is 10.5. The van der Waals surface area contributed by atoms with E-state index in [9.17, 15) is 24.3 Å². The van der Waals surface area contributed by atoms with Crippen LogP contribution in [0.1, 0.15) is 75.7 Å². The fourth-order valence-electron chi connectivity index (χ4n) is 7.10. The van der Waals surface area contributed by atoms with Gasteiger partial charge in [-0.05, 0) is 55.7 Å². The molecule has 4 heterocycles. The van der Waals surface area contributed by atoms with Gasteiger partial charge in [-0.3, -0.25) is 19.4 Å². The summed E-state index contributed by atoms with van der Waals surface area (Å²) in [6.45, 7) is 6.10. The molecular weight excluding hydrogens is 542 g/mol. The Bertz CT molecular complexity index is 1650. The van der Waals surface area contributed by atoms with Crippen molar-refractivity contribution in [3.8, 4) is 5.75 Å². The first kappa shape index (κ1) is 27.8. The molecule has 4 atom stereocenters. The minimum Gasteiger partial charge on any atom is -0.508 e. The van der Waals surface area contributed by atoms with Crippen LogP contribution in [0.15, 0.2) is 34.1 Å². The van der Waals surface area contributed by atoms with E-state index in [1.54, 1.807) is 53.3 Å². The second-order valence-electron chi connectivity index (χ2n) is 11.2. The lowest BCUT2D eigenvalue weighted by Crippen LogP contribution is -2.53. The molecule has 1 fully saturated rings. The van der Waals surface area contributed by atoms with Crippen molar-refractivity contribution >= 4 is 35.0 Å². The zero-order chi connectivity index (χ0) is 29.1. The topological polar surface area (TPSA) is 118 Å². The molecule has 1 aliphatic carbocycles. The van der Waals surface area contributed by atoms with Crippen molar-refractivity contribution in [2.45, 2.75) is 83.5 Å². The van der Waals surface area contributed by atoms with E-state index in [1.165, 1.54) is 0 Å². The molecule has 41 heavy (non-hydrogen) atoms. The van der Waals surface area contributed by atoms with Gasteiger partial charge in [0.05, 0.1) is 17.3 Å². The minimum absolute atomic E-state index is 0.0477. The number of benzene rings is 1. The summed E-state index contributed by atoms with van der Waals surface area (Å²) in [5.41, 5.74) is 1.07. The lowest BCUT2D eigenvalue weighted by molar-refractivity contribution is -0.176. The van der Waals surface area contributed by atoms with E-state index in [4.69, 9.17) is 9.73 Å². The Morgan fingerprint density at radius 2 is 1.98 bits per heavy atom. The molecule has 1 aromatic heterocycles. The van der Waals surface area contributed by atoms with Crippen molar-refractivity contribution in [2.75, 3.05) is 11.6 Å². The van der Waals surface area contributed by atoms with Gasteiger partial charge in [0.15, 0.2) is 11.4 Å². The Labute approximate surface area is 242 Å². The van der Waals surface area contributed by atoms with Crippen LogP contribution >= 0.6 is 11.8 Å². The number of aromatic hydroxyl groups is 1. The van der Waals surface area contributed by atoms with Gasteiger partial charge in [0.1, 0.15) is 11.8 Å². The number of hydrogen-bond donors (Lipinski definition) is 1. The van der Waals surface area contributed by atoms with Crippen LogP contribution in [0, 0.1) is 5.92 Å². The van der Waals surface area contributed by atoms with Crippen LogP contribution in [0.2, 0.25) is 0 Å². The molecule has 1 aromatic carbocycles. The number of carbonyl (C=O) groups is 3. The number of pyridine rings is 1. The number of Topliss-reactive ketones (excluding diaryl/α,β-unsaturated/α-hetero) is 1. The normalized spacial score (nSPS) is 26.4. The van der Waals surface area contributed by atoms with Gasteiger partial charge in [0, 0.05) is 47.3 Å². The average Bonchev–Trinajstić information content (AvgIpc) is 3.35. The molecule has 10 heteroatoms. The summed E-state index contributed by atoms with van der Waals surface area (Å²) in [5, 5.41) is 11.8. The lowest BCUT2D eigenvalue weighted by atomic mass is 9.76. The largest absolute Gasteiger partial charge is 0.508 e. The number of aromatic nitrogens is 1. The highest BCUT2D eigenvalue weighted by molar-refractivity contribution is 7.99. The number of phenolic OH excluding ortho intramolecular Hbond substituents is 1. The fourth-order valence-corrected chi connectivity index (χ4v) is 8.14. The van der Waals surface area contributed by atoms with Gasteiger partial charge in [-0.15, -0.1) is 11.8 Å². The Hall–Kier alpha value is -3.40. The number of carbonyl (C=O) groups excluding carboxylic acids is 3. The maximum atomic E-state index is 14.0. The molecule has 9 nitrogen and oxygen atoms in total. The third-order valence-corrected chi connectivity index (χ3v) is 10.2. The van der Waals surface area contributed by atoms with Crippen molar-refractivity contribution in [2.24, 2.45) is 10.9 Å². The third-order valence-electron chi connectivity index (χ3n) is 9.23. The maximum Gasteiger partial charge on any atom is 0.330 e. The van der Waals surface area contributed by atoms with Crippen LogP contribution in [0.5, 0.6) is 5.75 Å². The highest BCUT2D eigenvalue weighted by atomic mass is 32.2. The Balaban J connectivity index is 1.45. The van der Waals surface area contributed by atoms with E-state index in [0.29, 0.717) is 41.4 Å². The lowest BCUT2D eigenvalue weighted by Gasteiger charge is -2.40. The number of fused-ring (bicyclic) bond motifs is 5. The fraction of sp³-hybridized carbons (Fsp3) is 0.516. The van der Waals surface area contributed by atoms with Gasteiger partial charge < -0.3 is 19.3 Å². The van der Waals surface area contributed by atoms with Gasteiger partial charge in [-0.1, -0.05) is 26.3 Å². The summed E-state index contributed by atoms with van der Waals surface area (Å²) in [7, 11) is 0. The molecule has 0 radical (unpaired) electrons. The Morgan fingerprint density at radius 1 is 1.17 bits per heavy atom. The van der Waals surface area contributed by atoms with E-state index in [1.807, 2.05) is 6.07 Å². The van der Waals surface area contributed by atoms with Crippen LogP contribution in [0.3, 0.4) is 0 Å². The molecule has 3 aliphatic heterocycles. The molecule has 0 bridgehead atoms. The number of rotatable bonds is 5. The first-order chi connectivity index (χ1) is 19.7. The van der Waals surface area contributed by atoms with Crippen molar-refractivity contribution in [3.05, 3.63) is 62.0 Å². The highest BCUT2D eigenvalue weighted by Gasteiger charge is 2.50. The minimum atomic E-state index is -1.58. The summed E-state index contributed by atoms with van der Waals surface area (Å²) in [4.78, 5) is 60.6. The smallest absolute Gasteiger partial charge is 0.330 e. The van der Waals surface area contributed by atoms with Crippen molar-refractivity contribution in [3.63, 3.8) is 0 Å². The van der Waals surface area contributed by atoms with Crippen LogP contribution in [-0.2, 0) is 37.7 Å². The first-order valence-electron chi connectivity index (χ1n) is 14.5. The van der Waals surface area contributed by atoms with Gasteiger partial charge >= 0.3 is 5.97 Å². The molecule has 1 amide bonds. The molecule has 1 N–H and O–H groups in total. The zero-order valence-electron chi connectivity index (χ0n) is 23.6. The Kier molecular flexibility index (Phi) is 7.08. The molecule has 4 aliphatic rings. The number of ether oxygens (including phenoxy) is 1. The highest BCUT2D eigenvalue weighted by Crippen LogP contribution is 2.45. The van der Waals surface area contributed by atoms with Gasteiger partial charge in [-0.2, -0.15) is 0 Å². The standard InChI is InChI=1S/C31H35N3O6S/c1-4-18-20-13-17(35)7-9-23(20)32-28-21(18)15-33-25(28)14-22-19(29(33)38)8-10-26(36)31(22,6-3)40-30(39)24-11-12-41-16-34(24)27(37)5-2/h7,9,13-14,21,24,28,35H,4-6,8,10-12,15-16H2,1-3H3/t21?,24?,28?,31-/m0/s1. The predicted octanol–water partition coefficient (Wildman–Crippen LogP) is 2.48. The van der Waals surface area contributed by atoms with Crippen molar-refractivity contribution in [1.29, 1.82) is 0 Å². The van der Waals surface area contributed by atoms with Crippen LogP contribution in [-0.4, -0.2) is 49.9 Å². The van der Waals surface area contributed by atoms with E-state index in [2.05, 4.69) is 6.92 Å². The van der Waals surface area contributed by atoms with Crippen LogP contribution in [0.4, 0.5) is 0 Å². The first-order valence-corrected chi connectivity index (χ1v) is 15.7. The molecule has 6 rings (SSSR count). The Morgan fingerprint density at radius 3 is 2.71 bits per heavy atom. The summed E-state index contributed by atoms with van der Waals surface area (Å²) in [6.07, 6.45) is 2.07. The number of amides is 1. The second-order valence-corrected chi connectivity index (χ2v) is 12.3. The number of esters is 1. The van der Waals surface area contributed by atoms with E-state index < -0.39 is 17.6 Å². The number of hydrogen-bond acceptors (Lipinski definition) is 8. The average molecular weight is 578 g/mol. The van der Waals surface area contributed by atoms with E-state index >= 15 is 0 Å². The summed E-state index contributed by atoms with van der Waals surface area (Å²) in [6, 6.07) is 5.94. The van der Waals surface area contributed by atoms with E-state index in [-0.39, 0.29) is 60.6 Å². The quantitative estimate of drug-likeness (QED) is 0.543. The van der Waals surface area contributed by atoms with Gasteiger partial charge in [-0.25, -0.2) is 4.79 Å². The predicted molar refractivity (Wildman–Crippen MR) is 154 cm³/mol. The molecule has 1 saturated heterocycles. The monoisotopic (exact) mass is 577 g/mol. The molecule has 216 valence electrons. The molecule has 0 saturated carbocycles. The van der Waals surface area contributed by atoms with Crippen molar-refractivity contribution in [1.82, 2.24) is 9.47 Å². The maximum absolute atomic E-state index is 14.0. The number of ketones is 1. The SMILES string of the molecule is CCC(=O)N1CSCCC1C(=O)O[C@]1(CC)C(=O)CCc2c1cc1n(c2=O)CC2C(CC)=c3cc(O)ccc3=NC12. The zero-order valence-corrected chi connectivity index (χ0v) is 24.5. The summed E-state index contributed by atoms with van der Waals surface area (Å²) in [5.74, 6) is 0.310. The van der Waals surface area contributed by atoms with Crippen LogP contribution in [0.25, 0.3) is 5.57 Å². The molecule has 0 spiro atoms. The number of thioether (sulfide) groups is 1. The van der Waals surface area contributed by atoms with Gasteiger partial charge in [0.2, 0.25) is 5.91 Å². The number of nitrogens with zero attached hydrogens (tertiary/aromatic N) is 3. The molecule has 2 aromatic rings. The third kappa shape index (κ3) is 4.24. The molecular formula is C31H35N3O6S. The summed E-state index contributed by atoms with van der Waals surface area (Å²) < 4.78 is 7.97. The molecule has 3 unspecified atom stereocenters. The van der Waals surface area contributed by atoms with Crippen molar-refractivity contribution < 1.29 is 24.2 Å². The summed E-state index contributed by atoms with van der Waals surface area (Å²) >= 11 is 1.59. The number of phenols is 1. The van der Waals surface area contributed by atoms with E-state index in [0.717, 1.165) is 22.6 Å². The van der Waals surface area contributed by atoms with Crippen LogP contribution < -0.4 is 16.1 Å². The van der Waals surface area contributed by atoms with Gasteiger partial charge in [0.25, 0.3) is 5.56 Å².